The van der Waals surface area contributed by atoms with Crippen molar-refractivity contribution in [1.82, 2.24) is 4.90 Å². The van der Waals surface area contributed by atoms with Crippen molar-refractivity contribution in [2.75, 3.05) is 31.6 Å². The predicted molar refractivity (Wildman–Crippen MR) is 76.3 cm³/mol. The van der Waals surface area contributed by atoms with Gasteiger partial charge in [-0.2, -0.15) is 0 Å². The zero-order valence-electron chi connectivity index (χ0n) is 11.8. The van der Waals surface area contributed by atoms with Gasteiger partial charge in [-0.05, 0) is 38.4 Å². The number of hydrogen-bond acceptors (Lipinski definition) is 3. The number of piperidine rings is 1. The Labute approximate surface area is 114 Å². The lowest BCUT2D eigenvalue weighted by atomic mass is 10.0. The largest absolute Gasteiger partial charge is 0.491 e. The van der Waals surface area contributed by atoms with Crippen LogP contribution in [0.4, 0.5) is 10.1 Å². The summed E-state index contributed by atoms with van der Waals surface area (Å²) in [5, 5.41) is 3.41. The second kappa shape index (κ2) is 6.75. The fourth-order valence-corrected chi connectivity index (χ4v) is 2.49. The molecule has 1 N–H and O–H groups in total. The highest BCUT2D eigenvalue weighted by atomic mass is 19.1. The molecule has 0 amide bonds. The van der Waals surface area contributed by atoms with E-state index in [1.54, 1.807) is 6.07 Å². The van der Waals surface area contributed by atoms with Gasteiger partial charge in [0.1, 0.15) is 0 Å². The molecule has 0 aromatic heterocycles. The van der Waals surface area contributed by atoms with Gasteiger partial charge >= 0.3 is 0 Å². The van der Waals surface area contributed by atoms with Gasteiger partial charge in [0.2, 0.25) is 0 Å². The summed E-state index contributed by atoms with van der Waals surface area (Å²) in [5.41, 5.74) is 0.843. The van der Waals surface area contributed by atoms with Crippen LogP contribution >= 0.6 is 0 Å². The molecule has 2 rings (SSSR count). The number of hydrogen-bond donors (Lipinski definition) is 1. The van der Waals surface area contributed by atoms with Crippen LogP contribution in [0, 0.1) is 5.82 Å². The van der Waals surface area contributed by atoms with Crippen molar-refractivity contribution < 1.29 is 9.13 Å². The van der Waals surface area contributed by atoms with E-state index in [0.717, 1.165) is 38.2 Å². The maximum Gasteiger partial charge on any atom is 0.167 e. The van der Waals surface area contributed by atoms with Crippen LogP contribution in [0.15, 0.2) is 18.2 Å². The molecule has 0 radical (unpaired) electrons. The van der Waals surface area contributed by atoms with Gasteiger partial charge in [0.05, 0.1) is 6.61 Å². The molecular weight excluding hydrogens is 243 g/mol. The van der Waals surface area contributed by atoms with Crippen molar-refractivity contribution in [1.29, 1.82) is 0 Å². The topological polar surface area (TPSA) is 24.5 Å². The summed E-state index contributed by atoms with van der Waals surface area (Å²) in [5.74, 6) is 0.0340. The first-order valence-corrected chi connectivity index (χ1v) is 7.14. The average molecular weight is 266 g/mol. The smallest absolute Gasteiger partial charge is 0.167 e. The Kier molecular flexibility index (Phi) is 5.02. The Balaban J connectivity index is 1.91. The Hall–Kier alpha value is -1.29. The molecule has 1 aromatic rings. The molecule has 4 heteroatoms. The molecule has 1 heterocycles. The standard InChI is InChI=1S/C15H23FN2O/c1-3-18-9-7-12(8-10-18)17-13-5-6-15(19-4-2)14(16)11-13/h5-6,11-12,17H,3-4,7-10H2,1-2H3. The van der Waals surface area contributed by atoms with Crippen LogP contribution < -0.4 is 10.1 Å². The van der Waals surface area contributed by atoms with E-state index in [-0.39, 0.29) is 5.82 Å². The van der Waals surface area contributed by atoms with Crippen molar-refractivity contribution >= 4 is 5.69 Å². The van der Waals surface area contributed by atoms with Gasteiger partial charge in [0, 0.05) is 30.9 Å². The van der Waals surface area contributed by atoms with Gasteiger partial charge in [-0.3, -0.25) is 0 Å². The first kappa shape index (κ1) is 14.1. The lowest BCUT2D eigenvalue weighted by molar-refractivity contribution is 0.229. The van der Waals surface area contributed by atoms with Crippen LogP contribution in [0.3, 0.4) is 0 Å². The van der Waals surface area contributed by atoms with Crippen molar-refractivity contribution in [3.8, 4) is 5.75 Å². The monoisotopic (exact) mass is 266 g/mol. The zero-order valence-corrected chi connectivity index (χ0v) is 11.8. The highest BCUT2D eigenvalue weighted by Gasteiger charge is 2.18. The van der Waals surface area contributed by atoms with E-state index in [2.05, 4.69) is 17.1 Å². The van der Waals surface area contributed by atoms with Crippen LogP contribution in [-0.4, -0.2) is 37.2 Å². The quantitative estimate of drug-likeness (QED) is 0.886. The predicted octanol–water partition coefficient (Wildman–Crippen LogP) is 3.12. The maximum atomic E-state index is 13.7. The minimum atomic E-state index is -0.294. The number of ether oxygens (including phenoxy) is 1. The molecule has 0 bridgehead atoms. The number of rotatable bonds is 5. The molecule has 0 atom stereocenters. The SMILES string of the molecule is CCOc1ccc(NC2CCN(CC)CC2)cc1F. The number of anilines is 1. The Morgan fingerprint density at radius 3 is 2.63 bits per heavy atom. The Bertz CT molecular complexity index is 403. The second-order valence-electron chi connectivity index (χ2n) is 4.93. The highest BCUT2D eigenvalue weighted by molar-refractivity contribution is 5.48. The van der Waals surface area contributed by atoms with Crippen LogP contribution in [-0.2, 0) is 0 Å². The molecule has 0 saturated carbocycles. The summed E-state index contributed by atoms with van der Waals surface area (Å²) in [7, 11) is 0. The van der Waals surface area contributed by atoms with E-state index in [4.69, 9.17) is 4.74 Å². The first-order chi connectivity index (χ1) is 9.22. The summed E-state index contributed by atoms with van der Waals surface area (Å²) in [6, 6.07) is 5.56. The van der Waals surface area contributed by atoms with Crippen LogP contribution in [0.2, 0.25) is 0 Å². The van der Waals surface area contributed by atoms with Crippen LogP contribution in [0.1, 0.15) is 26.7 Å². The van der Waals surface area contributed by atoms with Gasteiger partial charge in [-0.1, -0.05) is 6.92 Å². The average Bonchev–Trinajstić information content (AvgIpc) is 2.43. The lowest BCUT2D eigenvalue weighted by Crippen LogP contribution is -2.38. The maximum absolute atomic E-state index is 13.7. The van der Waals surface area contributed by atoms with E-state index in [1.165, 1.54) is 6.07 Å². The second-order valence-corrected chi connectivity index (χ2v) is 4.93. The molecule has 3 nitrogen and oxygen atoms in total. The summed E-state index contributed by atoms with van der Waals surface area (Å²) >= 11 is 0. The number of likely N-dealkylation sites (tertiary alicyclic amines) is 1. The molecule has 0 unspecified atom stereocenters. The number of nitrogens with zero attached hydrogens (tertiary/aromatic N) is 1. The molecule has 19 heavy (non-hydrogen) atoms. The van der Waals surface area contributed by atoms with Gasteiger partial charge in [-0.15, -0.1) is 0 Å². The van der Waals surface area contributed by atoms with Crippen molar-refractivity contribution in [2.45, 2.75) is 32.7 Å². The molecule has 1 aliphatic rings. The molecule has 1 aliphatic heterocycles. The minimum Gasteiger partial charge on any atom is -0.491 e. The highest BCUT2D eigenvalue weighted by Crippen LogP contribution is 2.23. The number of halogens is 1. The fourth-order valence-electron chi connectivity index (χ4n) is 2.49. The molecule has 1 fully saturated rings. The van der Waals surface area contributed by atoms with E-state index >= 15 is 0 Å². The third kappa shape index (κ3) is 3.83. The molecule has 0 spiro atoms. The molecule has 106 valence electrons. The van der Waals surface area contributed by atoms with Gasteiger partial charge in [0.25, 0.3) is 0 Å². The minimum absolute atomic E-state index is 0.294. The third-order valence-electron chi connectivity index (χ3n) is 3.64. The molecule has 1 saturated heterocycles. The van der Waals surface area contributed by atoms with E-state index in [1.807, 2.05) is 13.0 Å². The van der Waals surface area contributed by atoms with Gasteiger partial charge in [-0.25, -0.2) is 4.39 Å². The number of nitrogens with one attached hydrogen (secondary N) is 1. The molecular formula is C15H23FN2O. The van der Waals surface area contributed by atoms with Crippen molar-refractivity contribution in [2.24, 2.45) is 0 Å². The molecule has 0 aliphatic carbocycles. The van der Waals surface area contributed by atoms with E-state index in [0.29, 0.717) is 18.4 Å². The summed E-state index contributed by atoms with van der Waals surface area (Å²) in [6.45, 7) is 7.88. The van der Waals surface area contributed by atoms with E-state index < -0.39 is 0 Å². The Morgan fingerprint density at radius 2 is 2.05 bits per heavy atom. The van der Waals surface area contributed by atoms with Gasteiger partial charge in [0.15, 0.2) is 11.6 Å². The summed E-state index contributed by atoms with van der Waals surface area (Å²) in [6.07, 6.45) is 2.23. The first-order valence-electron chi connectivity index (χ1n) is 7.14. The van der Waals surface area contributed by atoms with Crippen molar-refractivity contribution in [3.05, 3.63) is 24.0 Å². The normalized spacial score (nSPS) is 17.4. The number of benzene rings is 1. The fraction of sp³-hybridized carbons (Fsp3) is 0.600. The summed E-state index contributed by atoms with van der Waals surface area (Å²) in [4.78, 5) is 2.44. The zero-order chi connectivity index (χ0) is 13.7. The Morgan fingerprint density at radius 1 is 1.32 bits per heavy atom. The third-order valence-corrected chi connectivity index (χ3v) is 3.64. The molecule has 1 aromatic carbocycles. The lowest BCUT2D eigenvalue weighted by Gasteiger charge is -2.32. The van der Waals surface area contributed by atoms with Crippen LogP contribution in [0.5, 0.6) is 5.75 Å². The van der Waals surface area contributed by atoms with Crippen LogP contribution in [0.25, 0.3) is 0 Å². The van der Waals surface area contributed by atoms with Crippen molar-refractivity contribution in [3.63, 3.8) is 0 Å². The van der Waals surface area contributed by atoms with E-state index in [9.17, 15) is 4.39 Å². The van der Waals surface area contributed by atoms with Gasteiger partial charge < -0.3 is 15.0 Å². The summed E-state index contributed by atoms with van der Waals surface area (Å²) < 4.78 is 18.9.